The lowest BCUT2D eigenvalue weighted by Crippen LogP contribution is -2.50. The summed E-state index contributed by atoms with van der Waals surface area (Å²) in [6.45, 7) is 2.00. The number of allylic oxidation sites excluding steroid dienone is 1. The summed E-state index contributed by atoms with van der Waals surface area (Å²) in [6.07, 6.45) is 5.55. The van der Waals surface area contributed by atoms with Crippen molar-refractivity contribution in [2.24, 2.45) is 18.9 Å². The van der Waals surface area contributed by atoms with Gasteiger partial charge in [-0.1, -0.05) is 37.3 Å². The highest BCUT2D eigenvalue weighted by Crippen LogP contribution is 2.55. The van der Waals surface area contributed by atoms with Gasteiger partial charge in [-0.2, -0.15) is 5.10 Å². The van der Waals surface area contributed by atoms with Gasteiger partial charge in [-0.3, -0.25) is 9.48 Å². The molecular formula is C20H22N2O2. The maximum absolute atomic E-state index is 12.6. The van der Waals surface area contributed by atoms with Crippen molar-refractivity contribution >= 4 is 5.78 Å². The van der Waals surface area contributed by atoms with Gasteiger partial charge in [-0.25, -0.2) is 0 Å². The fourth-order valence-corrected chi connectivity index (χ4v) is 4.88. The summed E-state index contributed by atoms with van der Waals surface area (Å²) < 4.78 is 1.88. The molecule has 2 aromatic rings. The molecule has 0 spiro atoms. The van der Waals surface area contributed by atoms with Crippen molar-refractivity contribution in [3.05, 3.63) is 65.2 Å². The second-order valence-electron chi connectivity index (χ2n) is 7.14. The molecule has 1 aromatic carbocycles. The van der Waals surface area contributed by atoms with Gasteiger partial charge in [0.25, 0.3) is 0 Å². The molecular weight excluding hydrogens is 300 g/mol. The summed E-state index contributed by atoms with van der Waals surface area (Å²) in [5.41, 5.74) is 3.70. The van der Waals surface area contributed by atoms with Crippen molar-refractivity contribution in [3.8, 4) is 0 Å². The van der Waals surface area contributed by atoms with Crippen LogP contribution in [0.2, 0.25) is 0 Å². The van der Waals surface area contributed by atoms with Gasteiger partial charge in [0.2, 0.25) is 0 Å². The van der Waals surface area contributed by atoms with Crippen molar-refractivity contribution in [1.82, 2.24) is 9.78 Å². The van der Waals surface area contributed by atoms with Gasteiger partial charge in [0, 0.05) is 30.2 Å². The molecule has 0 amide bonds. The summed E-state index contributed by atoms with van der Waals surface area (Å²) in [6, 6.07) is 10.4. The van der Waals surface area contributed by atoms with Crippen molar-refractivity contribution < 1.29 is 9.90 Å². The zero-order valence-corrected chi connectivity index (χ0v) is 14.1. The van der Waals surface area contributed by atoms with Crippen molar-refractivity contribution in [1.29, 1.82) is 0 Å². The fourth-order valence-electron chi connectivity index (χ4n) is 4.88. The third-order valence-corrected chi connectivity index (χ3v) is 5.93. The van der Waals surface area contributed by atoms with Crippen LogP contribution < -0.4 is 0 Å². The molecule has 1 saturated carbocycles. The van der Waals surface area contributed by atoms with E-state index in [0.29, 0.717) is 12.0 Å². The Balaban J connectivity index is 2.01. The molecule has 24 heavy (non-hydrogen) atoms. The lowest BCUT2D eigenvalue weighted by atomic mass is 9.52. The Bertz CT molecular complexity index is 821. The van der Waals surface area contributed by atoms with Gasteiger partial charge in [0.15, 0.2) is 5.78 Å². The van der Waals surface area contributed by atoms with Crippen molar-refractivity contribution in [2.45, 2.75) is 31.6 Å². The number of hydrogen-bond acceptors (Lipinski definition) is 3. The van der Waals surface area contributed by atoms with Gasteiger partial charge >= 0.3 is 0 Å². The number of carbonyl (C=O) groups excluding carboxylic acids is 1. The average molecular weight is 322 g/mol. The molecule has 1 fully saturated rings. The van der Waals surface area contributed by atoms with E-state index in [4.69, 9.17) is 5.10 Å². The minimum absolute atomic E-state index is 0.0773. The maximum atomic E-state index is 12.6. The van der Waals surface area contributed by atoms with E-state index in [1.807, 2.05) is 36.9 Å². The quantitative estimate of drug-likeness (QED) is 0.647. The number of aromatic nitrogens is 2. The number of hydrogen-bond donors (Lipinski definition) is 1. The number of fused-ring (bicyclic) bond motifs is 3. The van der Waals surface area contributed by atoms with Gasteiger partial charge in [-0.15, -0.1) is 0 Å². The number of aryl methyl sites for hydroxylation is 2. The molecule has 0 bridgehead atoms. The Morgan fingerprint density at radius 1 is 1.33 bits per heavy atom. The van der Waals surface area contributed by atoms with Crippen LogP contribution in [-0.2, 0) is 23.7 Å². The Morgan fingerprint density at radius 3 is 2.79 bits per heavy atom. The Kier molecular flexibility index (Phi) is 3.37. The van der Waals surface area contributed by atoms with Crippen LogP contribution in [0, 0.1) is 11.8 Å². The molecule has 1 heterocycles. The molecule has 4 rings (SSSR count). The first-order valence-electron chi connectivity index (χ1n) is 8.54. The predicted octanol–water partition coefficient (Wildman–Crippen LogP) is 3.32. The second kappa shape index (κ2) is 5.33. The van der Waals surface area contributed by atoms with Crippen LogP contribution in [0.15, 0.2) is 48.4 Å². The maximum Gasteiger partial charge on any atom is 0.165 e. The molecule has 4 heteroatoms. The lowest BCUT2D eigenvalue weighted by Gasteiger charge is -2.49. The van der Waals surface area contributed by atoms with Crippen LogP contribution in [-0.4, -0.2) is 20.7 Å². The summed E-state index contributed by atoms with van der Waals surface area (Å²) in [4.78, 5) is 12.6. The largest absolute Gasteiger partial charge is 0.515 e. The van der Waals surface area contributed by atoms with Gasteiger partial charge < -0.3 is 5.11 Å². The summed E-state index contributed by atoms with van der Waals surface area (Å²) in [5, 5.41) is 14.5. The van der Waals surface area contributed by atoms with E-state index in [-0.39, 0.29) is 23.0 Å². The van der Waals surface area contributed by atoms with Crippen LogP contribution in [0.5, 0.6) is 0 Å². The molecule has 0 aliphatic heterocycles. The number of carbonyl (C=O) groups is 1. The molecule has 3 atom stereocenters. The summed E-state index contributed by atoms with van der Waals surface area (Å²) in [7, 11) is 1.95. The third-order valence-electron chi connectivity index (χ3n) is 5.93. The average Bonchev–Trinajstić information content (AvgIpc) is 2.99. The van der Waals surface area contributed by atoms with Crippen LogP contribution in [0.4, 0.5) is 0 Å². The number of Topliss-reactive ketones (excluding diaryl/α,β-unsaturated/α-hetero) is 1. The third kappa shape index (κ3) is 1.92. The Morgan fingerprint density at radius 2 is 2.08 bits per heavy atom. The van der Waals surface area contributed by atoms with Crippen LogP contribution in [0.25, 0.3) is 0 Å². The van der Waals surface area contributed by atoms with E-state index in [1.165, 1.54) is 11.1 Å². The molecule has 1 N–H and O–H groups in total. The van der Waals surface area contributed by atoms with Gasteiger partial charge in [0.1, 0.15) is 0 Å². The summed E-state index contributed by atoms with van der Waals surface area (Å²) >= 11 is 0. The minimum Gasteiger partial charge on any atom is -0.515 e. The van der Waals surface area contributed by atoms with E-state index in [2.05, 4.69) is 18.3 Å². The van der Waals surface area contributed by atoms with Crippen LogP contribution in [0.3, 0.4) is 0 Å². The minimum atomic E-state index is -0.335. The first-order valence-corrected chi connectivity index (χ1v) is 8.54. The van der Waals surface area contributed by atoms with Crippen LogP contribution in [0.1, 0.15) is 36.6 Å². The Labute approximate surface area is 141 Å². The molecule has 0 unspecified atom stereocenters. The highest BCUT2D eigenvalue weighted by molar-refractivity contribution is 5.98. The smallest absolute Gasteiger partial charge is 0.165 e. The standard InChI is InChI=1S/C20H22N2O2/c1-13-17-9-8-14-11-22(2)21-19(14)20(17,10-15(12-23)18(13)24)16-6-4-3-5-7-16/h3-7,11-13,17,23H,8-10H2,1-2H3/t13-,17-,20+/m0/s1. The van der Waals surface area contributed by atoms with E-state index >= 15 is 0 Å². The number of aliphatic hydroxyl groups excluding tert-OH is 1. The zero-order chi connectivity index (χ0) is 16.9. The van der Waals surface area contributed by atoms with Crippen LogP contribution >= 0.6 is 0 Å². The zero-order valence-electron chi connectivity index (χ0n) is 14.1. The number of rotatable bonds is 1. The van der Waals surface area contributed by atoms with E-state index < -0.39 is 0 Å². The normalized spacial score (nSPS) is 30.9. The van der Waals surface area contributed by atoms with Gasteiger partial charge in [-0.05, 0) is 36.3 Å². The lowest BCUT2D eigenvalue weighted by molar-refractivity contribution is -0.123. The highest BCUT2D eigenvalue weighted by Gasteiger charge is 2.55. The highest BCUT2D eigenvalue weighted by atomic mass is 16.2. The van der Waals surface area contributed by atoms with E-state index in [0.717, 1.165) is 24.8 Å². The monoisotopic (exact) mass is 322 g/mol. The van der Waals surface area contributed by atoms with Gasteiger partial charge in [0.05, 0.1) is 12.0 Å². The molecule has 4 nitrogen and oxygen atoms in total. The number of nitrogens with zero attached hydrogens (tertiary/aromatic N) is 2. The SMILES string of the molecule is C[C@@H]1C(=O)C(=CO)C[C@]2(c3ccccc3)c3nn(C)cc3CC[C@@H]12. The molecule has 0 radical (unpaired) electrons. The topological polar surface area (TPSA) is 55.1 Å². The number of benzene rings is 1. The number of aliphatic hydroxyl groups is 1. The molecule has 2 aliphatic carbocycles. The number of ketones is 1. The molecule has 2 aliphatic rings. The fraction of sp³-hybridized carbons (Fsp3) is 0.400. The Hall–Kier alpha value is -2.36. The predicted molar refractivity (Wildman–Crippen MR) is 91.7 cm³/mol. The molecule has 124 valence electrons. The second-order valence-corrected chi connectivity index (χ2v) is 7.14. The van der Waals surface area contributed by atoms with Crippen molar-refractivity contribution in [2.75, 3.05) is 0 Å². The first-order chi connectivity index (χ1) is 11.6. The van der Waals surface area contributed by atoms with E-state index in [9.17, 15) is 9.90 Å². The van der Waals surface area contributed by atoms with E-state index in [1.54, 1.807) is 0 Å². The molecule has 1 aromatic heterocycles. The molecule has 0 saturated heterocycles. The first kappa shape index (κ1) is 15.2. The van der Waals surface area contributed by atoms with Crippen molar-refractivity contribution in [3.63, 3.8) is 0 Å². The summed E-state index contributed by atoms with van der Waals surface area (Å²) in [5.74, 6) is 0.166.